The minimum atomic E-state index is -0.660. The average Bonchev–Trinajstić information content (AvgIpc) is 2.99. The zero-order valence-corrected chi connectivity index (χ0v) is 19.3. The van der Waals surface area contributed by atoms with Crippen LogP contribution in [0, 0.1) is 11.8 Å². The van der Waals surface area contributed by atoms with Crippen molar-refractivity contribution in [3.05, 3.63) is 34.9 Å². The van der Waals surface area contributed by atoms with Crippen LogP contribution in [0.5, 0.6) is 0 Å². The lowest BCUT2D eigenvalue weighted by atomic mass is 9.74. The van der Waals surface area contributed by atoms with Crippen molar-refractivity contribution in [1.29, 1.82) is 0 Å². The van der Waals surface area contributed by atoms with Crippen LogP contribution in [-0.2, 0) is 4.79 Å². The molecule has 0 aromatic carbocycles. The van der Waals surface area contributed by atoms with E-state index in [1.54, 1.807) is 16.7 Å². The maximum absolute atomic E-state index is 11.1. The SMILES string of the molecule is CC1=C(C/C=C2\CN(C3C=CC(O)CC3)C3CCC(CCC(=O)O)CC23)CCCCC1. The molecule has 1 saturated carbocycles. The summed E-state index contributed by atoms with van der Waals surface area (Å²) in [5, 5.41) is 19.0. The monoisotopic (exact) mass is 427 g/mol. The fourth-order valence-corrected chi connectivity index (χ4v) is 6.54. The number of carbonyl (C=O) groups is 1. The van der Waals surface area contributed by atoms with Gasteiger partial charge in [0, 0.05) is 25.0 Å². The molecular weight excluding hydrogens is 386 g/mol. The third-order valence-electron chi connectivity index (χ3n) is 8.44. The van der Waals surface area contributed by atoms with Crippen molar-refractivity contribution < 1.29 is 15.0 Å². The smallest absolute Gasteiger partial charge is 0.303 e. The molecule has 2 fully saturated rings. The molecule has 0 spiro atoms. The molecule has 0 radical (unpaired) electrons. The van der Waals surface area contributed by atoms with E-state index >= 15 is 0 Å². The summed E-state index contributed by atoms with van der Waals surface area (Å²) in [7, 11) is 0. The summed E-state index contributed by atoms with van der Waals surface area (Å²) in [5.74, 6) is 0.468. The van der Waals surface area contributed by atoms with E-state index in [1.165, 1.54) is 38.5 Å². The van der Waals surface area contributed by atoms with E-state index in [0.29, 0.717) is 30.3 Å². The number of likely N-dealkylation sites (tertiary alicyclic amines) is 1. The number of nitrogens with zero attached hydrogens (tertiary/aromatic N) is 1. The number of aliphatic hydroxyl groups is 1. The number of aliphatic carboxylic acids is 1. The number of hydrogen-bond acceptors (Lipinski definition) is 3. The van der Waals surface area contributed by atoms with E-state index in [4.69, 9.17) is 5.11 Å². The van der Waals surface area contributed by atoms with Crippen molar-refractivity contribution in [3.63, 3.8) is 0 Å². The van der Waals surface area contributed by atoms with Crippen LogP contribution in [0.2, 0.25) is 0 Å². The molecule has 172 valence electrons. The molecule has 1 saturated heterocycles. The van der Waals surface area contributed by atoms with Gasteiger partial charge in [0.05, 0.1) is 6.10 Å². The minimum absolute atomic E-state index is 0.276. The van der Waals surface area contributed by atoms with Gasteiger partial charge in [0.25, 0.3) is 0 Å². The van der Waals surface area contributed by atoms with Crippen LogP contribution in [0.3, 0.4) is 0 Å². The lowest BCUT2D eigenvalue weighted by molar-refractivity contribution is -0.137. The van der Waals surface area contributed by atoms with Crippen LogP contribution in [0.15, 0.2) is 34.9 Å². The third kappa shape index (κ3) is 5.70. The fourth-order valence-electron chi connectivity index (χ4n) is 6.54. The summed E-state index contributed by atoms with van der Waals surface area (Å²) in [4.78, 5) is 13.8. The van der Waals surface area contributed by atoms with Crippen LogP contribution >= 0.6 is 0 Å². The molecule has 0 aromatic rings. The molecule has 4 heteroatoms. The largest absolute Gasteiger partial charge is 0.481 e. The van der Waals surface area contributed by atoms with Gasteiger partial charge in [-0.2, -0.15) is 0 Å². The Bertz CT molecular complexity index is 737. The third-order valence-corrected chi connectivity index (χ3v) is 8.44. The van der Waals surface area contributed by atoms with E-state index < -0.39 is 5.97 Å². The number of carboxylic acids is 1. The first-order valence-electron chi connectivity index (χ1n) is 12.7. The number of aliphatic hydroxyl groups excluding tert-OH is 1. The van der Waals surface area contributed by atoms with Gasteiger partial charge in [0.2, 0.25) is 0 Å². The summed E-state index contributed by atoms with van der Waals surface area (Å²) in [6.07, 6.45) is 20.7. The number of allylic oxidation sites excluding steroid dienone is 3. The molecule has 4 nitrogen and oxygen atoms in total. The van der Waals surface area contributed by atoms with Crippen molar-refractivity contribution in [2.24, 2.45) is 11.8 Å². The lowest BCUT2D eigenvalue weighted by Gasteiger charge is -2.39. The minimum Gasteiger partial charge on any atom is -0.481 e. The van der Waals surface area contributed by atoms with Gasteiger partial charge < -0.3 is 10.2 Å². The molecule has 31 heavy (non-hydrogen) atoms. The Morgan fingerprint density at radius 3 is 2.74 bits per heavy atom. The summed E-state index contributed by atoms with van der Waals surface area (Å²) in [5.41, 5.74) is 4.89. The van der Waals surface area contributed by atoms with Gasteiger partial charge >= 0.3 is 5.97 Å². The number of carboxylic acid groups (broad SMARTS) is 1. The number of fused-ring (bicyclic) bond motifs is 1. The highest BCUT2D eigenvalue weighted by molar-refractivity contribution is 5.66. The zero-order valence-electron chi connectivity index (χ0n) is 19.3. The van der Waals surface area contributed by atoms with Crippen molar-refractivity contribution >= 4 is 5.97 Å². The highest BCUT2D eigenvalue weighted by Gasteiger charge is 2.43. The molecule has 0 aromatic heterocycles. The second-order valence-corrected chi connectivity index (χ2v) is 10.5. The number of hydrogen-bond donors (Lipinski definition) is 2. The van der Waals surface area contributed by atoms with Crippen LogP contribution < -0.4 is 0 Å². The Morgan fingerprint density at radius 1 is 1.13 bits per heavy atom. The van der Waals surface area contributed by atoms with Gasteiger partial charge in [0.15, 0.2) is 0 Å². The van der Waals surface area contributed by atoms with E-state index in [-0.39, 0.29) is 6.10 Å². The lowest BCUT2D eigenvalue weighted by Crippen LogP contribution is -2.43. The molecule has 5 atom stereocenters. The molecule has 5 unspecified atom stereocenters. The Kier molecular flexibility index (Phi) is 7.71. The van der Waals surface area contributed by atoms with Crippen molar-refractivity contribution in [1.82, 2.24) is 4.90 Å². The molecule has 0 bridgehead atoms. The molecule has 3 aliphatic carbocycles. The summed E-state index contributed by atoms with van der Waals surface area (Å²) in [6, 6.07) is 1.03. The molecule has 4 rings (SSSR count). The Hall–Kier alpha value is -1.39. The second kappa shape index (κ2) is 10.5. The van der Waals surface area contributed by atoms with Crippen molar-refractivity contribution in [2.75, 3.05) is 6.54 Å². The van der Waals surface area contributed by atoms with Crippen LogP contribution in [0.1, 0.15) is 90.4 Å². The van der Waals surface area contributed by atoms with Crippen LogP contribution in [-0.4, -0.2) is 45.8 Å². The van der Waals surface area contributed by atoms with Gasteiger partial charge in [-0.25, -0.2) is 0 Å². The maximum Gasteiger partial charge on any atom is 0.303 e. The first-order chi connectivity index (χ1) is 15.0. The van der Waals surface area contributed by atoms with Crippen molar-refractivity contribution in [2.45, 2.75) is 109 Å². The molecule has 1 heterocycles. The summed E-state index contributed by atoms with van der Waals surface area (Å²) >= 11 is 0. The highest BCUT2D eigenvalue weighted by Crippen LogP contribution is 2.45. The normalized spacial score (nSPS) is 35.9. The maximum atomic E-state index is 11.1. The first kappa shape index (κ1) is 22.8. The molecule has 2 N–H and O–H groups in total. The van der Waals surface area contributed by atoms with Gasteiger partial charge in [-0.3, -0.25) is 9.69 Å². The van der Waals surface area contributed by atoms with E-state index in [1.807, 2.05) is 6.08 Å². The van der Waals surface area contributed by atoms with Gasteiger partial charge in [-0.1, -0.05) is 41.4 Å². The highest BCUT2D eigenvalue weighted by atomic mass is 16.4. The van der Waals surface area contributed by atoms with Crippen LogP contribution in [0.25, 0.3) is 0 Å². The second-order valence-electron chi connectivity index (χ2n) is 10.5. The summed E-state index contributed by atoms with van der Waals surface area (Å²) < 4.78 is 0. The predicted octanol–water partition coefficient (Wildman–Crippen LogP) is 5.63. The predicted molar refractivity (Wildman–Crippen MR) is 125 cm³/mol. The van der Waals surface area contributed by atoms with Crippen molar-refractivity contribution in [3.8, 4) is 0 Å². The van der Waals surface area contributed by atoms with Crippen LogP contribution in [0.4, 0.5) is 0 Å². The first-order valence-corrected chi connectivity index (χ1v) is 12.7. The molecular formula is C27H41NO3. The zero-order chi connectivity index (χ0) is 21.8. The molecule has 0 amide bonds. The fraction of sp³-hybridized carbons (Fsp3) is 0.741. The standard InChI is InChI=1S/C27H41NO3/c1-19-5-3-2-4-6-21(19)9-10-22-18-28(23-11-13-24(29)14-12-23)26-15-7-20(17-25(22)26)8-16-27(30)31/h10-11,13,20,23-26,29H,2-9,12,14-18H2,1H3,(H,30,31)/b22-10+. The molecule has 4 aliphatic rings. The average molecular weight is 428 g/mol. The number of rotatable bonds is 6. The van der Waals surface area contributed by atoms with E-state index in [2.05, 4.69) is 24.0 Å². The van der Waals surface area contributed by atoms with Gasteiger partial charge in [0.1, 0.15) is 0 Å². The summed E-state index contributed by atoms with van der Waals surface area (Å²) in [6.45, 7) is 3.39. The Labute approximate surface area is 188 Å². The van der Waals surface area contributed by atoms with E-state index in [9.17, 15) is 9.90 Å². The van der Waals surface area contributed by atoms with E-state index in [0.717, 1.165) is 45.1 Å². The van der Waals surface area contributed by atoms with Gasteiger partial charge in [-0.05, 0) is 89.4 Å². The quantitative estimate of drug-likeness (QED) is 0.540. The molecule has 1 aliphatic heterocycles. The Balaban J connectivity index is 1.50. The van der Waals surface area contributed by atoms with Gasteiger partial charge in [-0.15, -0.1) is 0 Å². The Morgan fingerprint density at radius 2 is 1.97 bits per heavy atom. The topological polar surface area (TPSA) is 60.8 Å².